The van der Waals surface area contributed by atoms with Crippen LogP contribution in [-0.2, 0) is 9.59 Å². The van der Waals surface area contributed by atoms with Crippen LogP contribution < -0.4 is 0 Å². The molecule has 0 radical (unpaired) electrons. The standard InChI is InChI=1S/C9H12O2/c10-8(5-6-1-2-6)9(11)7-3-4-7/h6-7H,1-5H2. The molecular weight excluding hydrogens is 140 g/mol. The lowest BCUT2D eigenvalue weighted by molar-refractivity contribution is -0.137. The molecule has 0 heterocycles. The van der Waals surface area contributed by atoms with Crippen LogP contribution in [0.15, 0.2) is 0 Å². The molecule has 2 aliphatic carbocycles. The number of hydrogen-bond donors (Lipinski definition) is 0. The molecule has 60 valence electrons. The smallest absolute Gasteiger partial charge is 0.201 e. The molecule has 2 saturated carbocycles. The highest BCUT2D eigenvalue weighted by Gasteiger charge is 2.36. The fraction of sp³-hybridized carbons (Fsp3) is 0.778. The van der Waals surface area contributed by atoms with Crippen molar-refractivity contribution in [2.24, 2.45) is 11.8 Å². The minimum atomic E-state index is -0.102. The molecule has 0 atom stereocenters. The van der Waals surface area contributed by atoms with E-state index in [4.69, 9.17) is 0 Å². The van der Waals surface area contributed by atoms with Gasteiger partial charge in [-0.2, -0.15) is 0 Å². The van der Waals surface area contributed by atoms with E-state index in [0.717, 1.165) is 25.7 Å². The van der Waals surface area contributed by atoms with Gasteiger partial charge >= 0.3 is 0 Å². The van der Waals surface area contributed by atoms with Crippen molar-refractivity contribution in [2.45, 2.75) is 32.1 Å². The Kier molecular flexibility index (Phi) is 1.55. The molecule has 0 amide bonds. The van der Waals surface area contributed by atoms with Gasteiger partial charge < -0.3 is 0 Å². The molecule has 11 heavy (non-hydrogen) atoms. The van der Waals surface area contributed by atoms with Crippen LogP contribution >= 0.6 is 0 Å². The van der Waals surface area contributed by atoms with Crippen molar-refractivity contribution in [3.63, 3.8) is 0 Å². The predicted molar refractivity (Wildman–Crippen MR) is 40.1 cm³/mol. The van der Waals surface area contributed by atoms with Gasteiger partial charge in [-0.15, -0.1) is 0 Å². The second-order valence-electron chi connectivity index (χ2n) is 3.71. The van der Waals surface area contributed by atoms with Gasteiger partial charge in [0.1, 0.15) is 0 Å². The topological polar surface area (TPSA) is 34.1 Å². The lowest BCUT2D eigenvalue weighted by atomic mass is 10.1. The number of ketones is 2. The molecule has 0 aliphatic heterocycles. The molecule has 0 bridgehead atoms. The zero-order chi connectivity index (χ0) is 7.84. The van der Waals surface area contributed by atoms with E-state index in [9.17, 15) is 9.59 Å². The molecule has 2 fully saturated rings. The van der Waals surface area contributed by atoms with Crippen molar-refractivity contribution in [3.05, 3.63) is 0 Å². The largest absolute Gasteiger partial charge is 0.291 e. The zero-order valence-electron chi connectivity index (χ0n) is 6.51. The summed E-state index contributed by atoms with van der Waals surface area (Å²) in [6.45, 7) is 0. The average molecular weight is 152 g/mol. The van der Waals surface area contributed by atoms with E-state index in [1.165, 1.54) is 0 Å². The first-order chi connectivity index (χ1) is 5.27. The number of carbonyl (C=O) groups excluding carboxylic acids is 2. The van der Waals surface area contributed by atoms with Crippen LogP contribution in [-0.4, -0.2) is 11.6 Å². The molecule has 0 aromatic heterocycles. The first-order valence-corrected chi connectivity index (χ1v) is 4.34. The van der Waals surface area contributed by atoms with Gasteiger partial charge in [-0.05, 0) is 31.6 Å². The van der Waals surface area contributed by atoms with E-state index < -0.39 is 0 Å². The summed E-state index contributed by atoms with van der Waals surface area (Å²) in [6.07, 6.45) is 4.76. The Morgan fingerprint density at radius 3 is 2.18 bits per heavy atom. The van der Waals surface area contributed by atoms with Crippen LogP contribution in [0.4, 0.5) is 0 Å². The van der Waals surface area contributed by atoms with Crippen LogP contribution in [0.1, 0.15) is 32.1 Å². The summed E-state index contributed by atoms with van der Waals surface area (Å²) in [5.74, 6) is 0.498. The summed E-state index contributed by atoms with van der Waals surface area (Å²) < 4.78 is 0. The molecule has 0 spiro atoms. The highest BCUT2D eigenvalue weighted by molar-refractivity contribution is 6.38. The number of rotatable bonds is 4. The lowest BCUT2D eigenvalue weighted by Crippen LogP contribution is -2.15. The molecule has 2 heteroatoms. The molecule has 2 rings (SSSR count). The molecule has 0 saturated heterocycles. The van der Waals surface area contributed by atoms with Crippen molar-refractivity contribution >= 4 is 11.6 Å². The maximum absolute atomic E-state index is 11.1. The van der Waals surface area contributed by atoms with Gasteiger partial charge in [0, 0.05) is 12.3 Å². The normalized spacial score (nSPS) is 23.3. The van der Waals surface area contributed by atoms with Crippen molar-refractivity contribution in [1.29, 1.82) is 0 Å². The SMILES string of the molecule is O=C(CC1CC1)C(=O)C1CC1. The Bertz CT molecular complexity index is 200. The monoisotopic (exact) mass is 152 g/mol. The Hall–Kier alpha value is -0.660. The fourth-order valence-electron chi connectivity index (χ4n) is 1.26. The van der Waals surface area contributed by atoms with Crippen LogP contribution in [0, 0.1) is 11.8 Å². The van der Waals surface area contributed by atoms with Crippen molar-refractivity contribution < 1.29 is 9.59 Å². The van der Waals surface area contributed by atoms with Gasteiger partial charge in [0.25, 0.3) is 0 Å². The molecule has 2 nitrogen and oxygen atoms in total. The highest BCUT2D eigenvalue weighted by Crippen LogP contribution is 2.35. The van der Waals surface area contributed by atoms with Gasteiger partial charge in [0.2, 0.25) is 5.78 Å². The Morgan fingerprint density at radius 2 is 1.73 bits per heavy atom. The predicted octanol–water partition coefficient (Wildman–Crippen LogP) is 1.33. The van der Waals surface area contributed by atoms with Gasteiger partial charge in [-0.25, -0.2) is 0 Å². The highest BCUT2D eigenvalue weighted by atomic mass is 16.2. The van der Waals surface area contributed by atoms with Crippen LogP contribution in [0.3, 0.4) is 0 Å². The summed E-state index contributed by atoms with van der Waals surface area (Å²) >= 11 is 0. The third kappa shape index (κ3) is 1.67. The minimum absolute atomic E-state index is 0.0862. The summed E-state index contributed by atoms with van der Waals surface area (Å²) in [6, 6.07) is 0. The number of Topliss-reactive ketones (excluding diaryl/α,β-unsaturated/α-hetero) is 2. The molecule has 0 aromatic rings. The molecule has 0 N–H and O–H groups in total. The van der Waals surface area contributed by atoms with Crippen LogP contribution in [0.2, 0.25) is 0 Å². The van der Waals surface area contributed by atoms with Crippen molar-refractivity contribution in [2.75, 3.05) is 0 Å². The molecule has 0 unspecified atom stereocenters. The van der Waals surface area contributed by atoms with Crippen LogP contribution in [0.5, 0.6) is 0 Å². The van der Waals surface area contributed by atoms with Crippen molar-refractivity contribution in [3.8, 4) is 0 Å². The first kappa shape index (κ1) is 7.01. The first-order valence-electron chi connectivity index (χ1n) is 4.34. The fourth-order valence-corrected chi connectivity index (χ4v) is 1.26. The van der Waals surface area contributed by atoms with Gasteiger partial charge in [0.15, 0.2) is 5.78 Å². The van der Waals surface area contributed by atoms with E-state index in [-0.39, 0.29) is 17.5 Å². The summed E-state index contributed by atoms with van der Waals surface area (Å²) in [7, 11) is 0. The van der Waals surface area contributed by atoms with Gasteiger partial charge in [0.05, 0.1) is 0 Å². The summed E-state index contributed by atoms with van der Waals surface area (Å²) in [5, 5.41) is 0. The third-order valence-electron chi connectivity index (χ3n) is 2.39. The Labute approximate surface area is 66.0 Å². The average Bonchev–Trinajstić information content (AvgIpc) is 2.81. The zero-order valence-corrected chi connectivity index (χ0v) is 6.51. The van der Waals surface area contributed by atoms with E-state index in [2.05, 4.69) is 0 Å². The molecule has 0 aromatic carbocycles. The van der Waals surface area contributed by atoms with Gasteiger partial charge in [-0.1, -0.05) is 0 Å². The molecule has 2 aliphatic rings. The lowest BCUT2D eigenvalue weighted by Gasteiger charge is -1.94. The van der Waals surface area contributed by atoms with E-state index >= 15 is 0 Å². The molecular formula is C9H12O2. The minimum Gasteiger partial charge on any atom is -0.291 e. The Morgan fingerprint density at radius 1 is 1.09 bits per heavy atom. The second kappa shape index (κ2) is 2.43. The van der Waals surface area contributed by atoms with E-state index in [0.29, 0.717) is 12.3 Å². The van der Waals surface area contributed by atoms with Gasteiger partial charge in [-0.3, -0.25) is 9.59 Å². The van der Waals surface area contributed by atoms with Crippen molar-refractivity contribution in [1.82, 2.24) is 0 Å². The summed E-state index contributed by atoms with van der Waals surface area (Å²) in [5.41, 5.74) is 0. The maximum atomic E-state index is 11.1. The Balaban J connectivity index is 1.81. The maximum Gasteiger partial charge on any atom is 0.201 e. The second-order valence-corrected chi connectivity index (χ2v) is 3.71. The third-order valence-corrected chi connectivity index (χ3v) is 2.39. The van der Waals surface area contributed by atoms with E-state index in [1.807, 2.05) is 0 Å². The summed E-state index contributed by atoms with van der Waals surface area (Å²) in [4.78, 5) is 22.2. The van der Waals surface area contributed by atoms with Crippen LogP contribution in [0.25, 0.3) is 0 Å². The van der Waals surface area contributed by atoms with E-state index in [1.54, 1.807) is 0 Å². The quantitative estimate of drug-likeness (QED) is 0.569. The number of hydrogen-bond acceptors (Lipinski definition) is 2. The number of carbonyl (C=O) groups is 2.